The van der Waals surface area contributed by atoms with Gasteiger partial charge in [0.15, 0.2) is 5.75 Å². The molecule has 0 saturated heterocycles. The molecule has 0 radical (unpaired) electrons. The van der Waals surface area contributed by atoms with Crippen molar-refractivity contribution in [3.8, 4) is 16.9 Å². The summed E-state index contributed by atoms with van der Waals surface area (Å²) in [4.78, 5) is 30.9. The summed E-state index contributed by atoms with van der Waals surface area (Å²) in [5, 5.41) is 13.5. The van der Waals surface area contributed by atoms with E-state index in [0.29, 0.717) is 16.0 Å². The van der Waals surface area contributed by atoms with Crippen molar-refractivity contribution in [2.24, 2.45) is 0 Å². The van der Waals surface area contributed by atoms with E-state index in [2.05, 4.69) is 9.97 Å². The minimum absolute atomic E-state index is 0.0748. The average molecular weight is 379 g/mol. The zero-order valence-corrected chi connectivity index (χ0v) is 14.7. The van der Waals surface area contributed by atoms with Crippen molar-refractivity contribution >= 4 is 27.2 Å². The predicted molar refractivity (Wildman–Crippen MR) is 103 cm³/mol. The number of aromatic nitrogens is 2. The number of hydrogen-bond donors (Lipinski definition) is 1. The van der Waals surface area contributed by atoms with E-state index in [-0.39, 0.29) is 23.6 Å². The van der Waals surface area contributed by atoms with Gasteiger partial charge in [0, 0.05) is 17.0 Å². The maximum absolute atomic E-state index is 12.6. The molecule has 7 nitrogen and oxygen atoms in total. The SMILES string of the molecule is O=c1[nH]c(COc2ccccc2[N+](=O)[O-])nc2scc(-c3ccccc3)c12. The highest BCUT2D eigenvalue weighted by molar-refractivity contribution is 7.17. The maximum atomic E-state index is 12.6. The van der Waals surface area contributed by atoms with Crippen LogP contribution in [-0.4, -0.2) is 14.9 Å². The van der Waals surface area contributed by atoms with Crippen molar-refractivity contribution in [1.29, 1.82) is 0 Å². The zero-order valence-electron chi connectivity index (χ0n) is 13.9. The molecule has 8 heteroatoms. The Labute approximate surface area is 157 Å². The fourth-order valence-electron chi connectivity index (χ4n) is 2.77. The molecule has 4 aromatic rings. The van der Waals surface area contributed by atoms with Crippen LogP contribution >= 0.6 is 11.3 Å². The summed E-state index contributed by atoms with van der Waals surface area (Å²) >= 11 is 1.37. The first-order chi connectivity index (χ1) is 13.1. The maximum Gasteiger partial charge on any atom is 0.310 e. The van der Waals surface area contributed by atoms with Crippen molar-refractivity contribution in [2.45, 2.75) is 6.61 Å². The molecule has 0 fully saturated rings. The van der Waals surface area contributed by atoms with Crippen molar-refractivity contribution in [3.05, 3.63) is 86.3 Å². The summed E-state index contributed by atoms with van der Waals surface area (Å²) in [5.74, 6) is 0.438. The van der Waals surface area contributed by atoms with Gasteiger partial charge >= 0.3 is 5.69 Å². The molecule has 1 N–H and O–H groups in total. The molecule has 134 valence electrons. The quantitative estimate of drug-likeness (QED) is 0.415. The summed E-state index contributed by atoms with van der Waals surface area (Å²) in [6.07, 6.45) is 0. The first-order valence-electron chi connectivity index (χ1n) is 8.05. The van der Waals surface area contributed by atoms with Crippen LogP contribution in [0, 0.1) is 10.1 Å². The third-order valence-corrected chi connectivity index (χ3v) is 4.88. The molecule has 0 aliphatic carbocycles. The number of nitrogens with zero attached hydrogens (tertiary/aromatic N) is 2. The van der Waals surface area contributed by atoms with Gasteiger partial charge in [0.1, 0.15) is 17.3 Å². The second-order valence-electron chi connectivity index (χ2n) is 5.72. The van der Waals surface area contributed by atoms with E-state index < -0.39 is 4.92 Å². The molecule has 0 amide bonds. The third kappa shape index (κ3) is 3.30. The Balaban J connectivity index is 1.66. The standard InChI is InChI=1S/C19H13N3O4S/c23-18-17-13(12-6-2-1-3-7-12)11-27-19(17)21-16(20-18)10-26-15-9-5-4-8-14(15)22(24)25/h1-9,11H,10H2,(H,20,21,23). The summed E-state index contributed by atoms with van der Waals surface area (Å²) in [5.41, 5.74) is 1.38. The van der Waals surface area contributed by atoms with Gasteiger partial charge in [-0.25, -0.2) is 4.98 Å². The highest BCUT2D eigenvalue weighted by Gasteiger charge is 2.16. The molecular formula is C19H13N3O4S. The van der Waals surface area contributed by atoms with Crippen LogP contribution in [0.2, 0.25) is 0 Å². The molecule has 0 aliphatic heterocycles. The van der Waals surface area contributed by atoms with Gasteiger partial charge in [-0.3, -0.25) is 14.9 Å². The second kappa shape index (κ2) is 7.00. The Kier molecular flexibility index (Phi) is 4.39. The molecule has 0 bridgehead atoms. The summed E-state index contributed by atoms with van der Waals surface area (Å²) in [6.45, 7) is -0.0748. The van der Waals surface area contributed by atoms with E-state index in [1.807, 2.05) is 35.7 Å². The van der Waals surface area contributed by atoms with Gasteiger partial charge in [-0.15, -0.1) is 11.3 Å². The number of hydrogen-bond acceptors (Lipinski definition) is 6. The Bertz CT molecular complexity index is 1180. The summed E-state index contributed by atoms with van der Waals surface area (Å²) in [7, 11) is 0. The number of nitrogens with one attached hydrogen (secondary N) is 1. The lowest BCUT2D eigenvalue weighted by Gasteiger charge is -2.06. The topological polar surface area (TPSA) is 98.1 Å². The molecule has 27 heavy (non-hydrogen) atoms. The summed E-state index contributed by atoms with van der Waals surface area (Å²) in [6, 6.07) is 15.7. The van der Waals surface area contributed by atoms with Crippen LogP contribution in [0.3, 0.4) is 0 Å². The van der Waals surface area contributed by atoms with Gasteiger partial charge in [-0.1, -0.05) is 42.5 Å². The van der Waals surface area contributed by atoms with Crippen molar-refractivity contribution in [3.63, 3.8) is 0 Å². The fourth-order valence-corrected chi connectivity index (χ4v) is 3.73. The molecule has 2 aromatic heterocycles. The summed E-state index contributed by atoms with van der Waals surface area (Å²) < 4.78 is 5.51. The van der Waals surface area contributed by atoms with E-state index in [1.54, 1.807) is 12.1 Å². The van der Waals surface area contributed by atoms with E-state index in [0.717, 1.165) is 11.1 Å². The number of nitro benzene ring substituents is 1. The third-order valence-electron chi connectivity index (χ3n) is 4.00. The van der Waals surface area contributed by atoms with E-state index >= 15 is 0 Å². The largest absolute Gasteiger partial charge is 0.479 e. The number of H-pyrrole nitrogens is 1. The highest BCUT2D eigenvalue weighted by atomic mass is 32.1. The minimum atomic E-state index is -0.514. The molecule has 0 atom stereocenters. The molecule has 2 heterocycles. The number of thiophene rings is 1. The van der Waals surface area contributed by atoms with Gasteiger partial charge in [-0.2, -0.15) is 0 Å². The van der Waals surface area contributed by atoms with Gasteiger partial charge in [0.05, 0.1) is 10.3 Å². The number of aromatic amines is 1. The van der Waals surface area contributed by atoms with Crippen LogP contribution in [0.1, 0.15) is 5.82 Å². The minimum Gasteiger partial charge on any atom is -0.479 e. The number of nitro groups is 1. The number of para-hydroxylation sites is 2. The molecular weight excluding hydrogens is 366 g/mol. The first-order valence-corrected chi connectivity index (χ1v) is 8.93. The van der Waals surface area contributed by atoms with Crippen LogP contribution < -0.4 is 10.3 Å². The first kappa shape index (κ1) is 16.9. The number of rotatable bonds is 5. The molecule has 0 unspecified atom stereocenters. The Morgan fingerprint density at radius 1 is 1.11 bits per heavy atom. The normalized spacial score (nSPS) is 10.8. The molecule has 2 aromatic carbocycles. The van der Waals surface area contributed by atoms with Crippen LogP contribution in [0.15, 0.2) is 64.8 Å². The molecule has 0 saturated carbocycles. The van der Waals surface area contributed by atoms with Gasteiger partial charge in [0.2, 0.25) is 0 Å². The lowest BCUT2D eigenvalue weighted by molar-refractivity contribution is -0.385. The Morgan fingerprint density at radius 3 is 2.63 bits per heavy atom. The van der Waals surface area contributed by atoms with Crippen molar-refractivity contribution in [2.75, 3.05) is 0 Å². The highest BCUT2D eigenvalue weighted by Crippen LogP contribution is 2.31. The van der Waals surface area contributed by atoms with Gasteiger partial charge < -0.3 is 9.72 Å². The number of fused-ring (bicyclic) bond motifs is 1. The van der Waals surface area contributed by atoms with Gasteiger partial charge in [0.25, 0.3) is 5.56 Å². The molecule has 0 aliphatic rings. The van der Waals surface area contributed by atoms with Crippen LogP contribution in [-0.2, 0) is 6.61 Å². The molecule has 4 rings (SSSR count). The van der Waals surface area contributed by atoms with Crippen LogP contribution in [0.5, 0.6) is 5.75 Å². The molecule has 0 spiro atoms. The monoisotopic (exact) mass is 379 g/mol. The Morgan fingerprint density at radius 2 is 1.85 bits per heavy atom. The number of ether oxygens (including phenoxy) is 1. The second-order valence-corrected chi connectivity index (χ2v) is 6.58. The fraction of sp³-hybridized carbons (Fsp3) is 0.0526. The number of benzene rings is 2. The zero-order chi connectivity index (χ0) is 18.8. The average Bonchev–Trinajstić information content (AvgIpc) is 3.12. The van der Waals surface area contributed by atoms with E-state index in [4.69, 9.17) is 4.74 Å². The van der Waals surface area contributed by atoms with Crippen molar-refractivity contribution < 1.29 is 9.66 Å². The predicted octanol–water partition coefficient (Wildman–Crippen LogP) is 4.14. The lowest BCUT2D eigenvalue weighted by Crippen LogP contribution is -2.13. The van der Waals surface area contributed by atoms with Crippen molar-refractivity contribution in [1.82, 2.24) is 9.97 Å². The Hall–Kier alpha value is -3.52. The van der Waals surface area contributed by atoms with E-state index in [9.17, 15) is 14.9 Å². The van der Waals surface area contributed by atoms with E-state index in [1.165, 1.54) is 23.5 Å². The smallest absolute Gasteiger partial charge is 0.310 e. The lowest BCUT2D eigenvalue weighted by atomic mass is 10.1. The van der Waals surface area contributed by atoms with Gasteiger partial charge in [-0.05, 0) is 11.6 Å². The van der Waals surface area contributed by atoms with Crippen LogP contribution in [0.4, 0.5) is 5.69 Å². The van der Waals surface area contributed by atoms with Crippen LogP contribution in [0.25, 0.3) is 21.3 Å².